The van der Waals surface area contributed by atoms with Gasteiger partial charge in [0.25, 0.3) is 5.56 Å². The van der Waals surface area contributed by atoms with Crippen LogP contribution in [-0.2, 0) is 18.3 Å². The van der Waals surface area contributed by atoms with Crippen LogP contribution in [0.3, 0.4) is 0 Å². The third kappa shape index (κ3) is 2.82. The van der Waals surface area contributed by atoms with Gasteiger partial charge in [-0.05, 0) is 35.9 Å². The van der Waals surface area contributed by atoms with E-state index in [-0.39, 0.29) is 24.7 Å². The SMILES string of the molecule is Cn1ccc2c(NC(=O)Cc3ccc4c(c3)OCO4)cccc2c1=O. The molecule has 0 saturated heterocycles. The highest BCUT2D eigenvalue weighted by atomic mass is 16.7. The largest absolute Gasteiger partial charge is 0.454 e. The summed E-state index contributed by atoms with van der Waals surface area (Å²) in [6.45, 7) is 0.204. The Morgan fingerprint density at radius 1 is 1.12 bits per heavy atom. The molecule has 1 aromatic heterocycles. The molecule has 0 radical (unpaired) electrons. The smallest absolute Gasteiger partial charge is 0.258 e. The molecule has 3 aromatic rings. The number of amides is 1. The molecule has 1 N–H and O–H groups in total. The molecule has 6 heteroatoms. The highest BCUT2D eigenvalue weighted by molar-refractivity contribution is 6.02. The van der Waals surface area contributed by atoms with Gasteiger partial charge in [0.05, 0.1) is 6.42 Å². The van der Waals surface area contributed by atoms with Gasteiger partial charge in [0.2, 0.25) is 12.7 Å². The molecule has 4 rings (SSSR count). The Bertz CT molecular complexity index is 1040. The fourth-order valence-corrected chi connectivity index (χ4v) is 2.91. The highest BCUT2D eigenvalue weighted by Gasteiger charge is 2.15. The molecule has 2 heterocycles. The van der Waals surface area contributed by atoms with E-state index in [4.69, 9.17) is 9.47 Å². The second kappa shape index (κ2) is 5.98. The van der Waals surface area contributed by atoms with Crippen molar-refractivity contribution in [3.63, 3.8) is 0 Å². The van der Waals surface area contributed by atoms with E-state index in [2.05, 4.69) is 5.32 Å². The highest BCUT2D eigenvalue weighted by Crippen LogP contribution is 2.32. The number of ether oxygens (including phenoxy) is 2. The quantitative estimate of drug-likeness (QED) is 0.798. The normalized spacial score (nSPS) is 12.4. The minimum absolute atomic E-state index is 0.0932. The maximum absolute atomic E-state index is 12.4. The molecule has 0 fully saturated rings. The van der Waals surface area contributed by atoms with E-state index in [1.54, 1.807) is 43.6 Å². The van der Waals surface area contributed by atoms with Crippen LogP contribution in [-0.4, -0.2) is 17.3 Å². The molecular weight excluding hydrogens is 320 g/mol. The molecule has 1 aliphatic rings. The minimum atomic E-state index is -0.160. The molecule has 25 heavy (non-hydrogen) atoms. The first kappa shape index (κ1) is 15.3. The molecule has 126 valence electrons. The standard InChI is InChI=1S/C19H16N2O4/c1-21-8-7-13-14(19(21)23)3-2-4-15(13)20-18(22)10-12-5-6-16-17(9-12)25-11-24-16/h2-9H,10-11H2,1H3,(H,20,22). The molecular formula is C19H16N2O4. The Hall–Kier alpha value is -3.28. The van der Waals surface area contributed by atoms with Gasteiger partial charge >= 0.3 is 0 Å². The average Bonchev–Trinajstić information content (AvgIpc) is 3.06. The number of fused-ring (bicyclic) bond motifs is 2. The minimum Gasteiger partial charge on any atom is -0.454 e. The molecule has 6 nitrogen and oxygen atoms in total. The van der Waals surface area contributed by atoms with Gasteiger partial charge in [-0.15, -0.1) is 0 Å². The van der Waals surface area contributed by atoms with E-state index >= 15 is 0 Å². The van der Waals surface area contributed by atoms with Crippen molar-refractivity contribution in [3.05, 3.63) is 64.6 Å². The molecule has 0 aliphatic carbocycles. The van der Waals surface area contributed by atoms with Crippen LogP contribution in [0.5, 0.6) is 11.5 Å². The predicted octanol–water partition coefficient (Wildman–Crippen LogP) is 2.45. The van der Waals surface area contributed by atoms with E-state index in [9.17, 15) is 9.59 Å². The molecule has 1 aliphatic heterocycles. The lowest BCUT2D eigenvalue weighted by molar-refractivity contribution is -0.115. The molecule has 0 spiro atoms. The van der Waals surface area contributed by atoms with E-state index in [0.717, 1.165) is 10.9 Å². The number of rotatable bonds is 3. The second-order valence-electron chi connectivity index (χ2n) is 5.91. The molecule has 0 bridgehead atoms. The van der Waals surface area contributed by atoms with Crippen molar-refractivity contribution in [1.29, 1.82) is 0 Å². The Balaban J connectivity index is 1.58. The van der Waals surface area contributed by atoms with Crippen LogP contribution in [0.4, 0.5) is 5.69 Å². The fraction of sp³-hybridized carbons (Fsp3) is 0.158. The van der Waals surface area contributed by atoms with Gasteiger partial charge in [0.1, 0.15) is 0 Å². The number of hydrogen-bond acceptors (Lipinski definition) is 4. The van der Waals surface area contributed by atoms with Crippen molar-refractivity contribution in [2.24, 2.45) is 7.05 Å². The number of nitrogens with one attached hydrogen (secondary N) is 1. The first-order valence-corrected chi connectivity index (χ1v) is 7.88. The summed E-state index contributed by atoms with van der Waals surface area (Å²) in [4.78, 5) is 24.6. The zero-order valence-corrected chi connectivity index (χ0v) is 13.6. The number of aromatic nitrogens is 1. The van der Waals surface area contributed by atoms with Crippen LogP contribution < -0.4 is 20.3 Å². The molecule has 0 unspecified atom stereocenters. The van der Waals surface area contributed by atoms with Gasteiger partial charge in [-0.2, -0.15) is 0 Å². The number of aryl methyl sites for hydroxylation is 1. The lowest BCUT2D eigenvalue weighted by Gasteiger charge is -2.10. The summed E-state index contributed by atoms with van der Waals surface area (Å²) in [7, 11) is 1.70. The van der Waals surface area contributed by atoms with Gasteiger partial charge in [0.15, 0.2) is 11.5 Å². The summed E-state index contributed by atoms with van der Waals surface area (Å²) >= 11 is 0. The Morgan fingerprint density at radius 2 is 1.96 bits per heavy atom. The summed E-state index contributed by atoms with van der Waals surface area (Å²) < 4.78 is 12.1. The zero-order valence-electron chi connectivity index (χ0n) is 13.6. The van der Waals surface area contributed by atoms with Crippen LogP contribution in [0.1, 0.15) is 5.56 Å². The summed E-state index contributed by atoms with van der Waals surface area (Å²) in [6.07, 6.45) is 1.90. The molecule has 1 amide bonds. The number of anilines is 1. The third-order valence-corrected chi connectivity index (χ3v) is 4.20. The average molecular weight is 336 g/mol. The van der Waals surface area contributed by atoms with Gasteiger partial charge in [0, 0.05) is 29.7 Å². The summed E-state index contributed by atoms with van der Waals surface area (Å²) in [5, 5.41) is 4.19. The maximum atomic E-state index is 12.4. The topological polar surface area (TPSA) is 69.6 Å². The number of benzene rings is 2. The summed E-state index contributed by atoms with van der Waals surface area (Å²) in [5.41, 5.74) is 1.36. The number of nitrogens with zero attached hydrogens (tertiary/aromatic N) is 1. The van der Waals surface area contributed by atoms with Gasteiger partial charge in [-0.3, -0.25) is 9.59 Å². The van der Waals surface area contributed by atoms with E-state index < -0.39 is 0 Å². The van der Waals surface area contributed by atoms with Gasteiger partial charge in [-0.1, -0.05) is 12.1 Å². The Morgan fingerprint density at radius 3 is 2.84 bits per heavy atom. The third-order valence-electron chi connectivity index (χ3n) is 4.20. The number of carbonyl (C=O) groups is 1. The number of pyridine rings is 1. The van der Waals surface area contributed by atoms with Crippen LogP contribution in [0.15, 0.2) is 53.5 Å². The van der Waals surface area contributed by atoms with Crippen molar-refractivity contribution in [3.8, 4) is 11.5 Å². The molecule has 2 aromatic carbocycles. The van der Waals surface area contributed by atoms with Crippen molar-refractivity contribution < 1.29 is 14.3 Å². The number of hydrogen-bond donors (Lipinski definition) is 1. The zero-order chi connectivity index (χ0) is 17.4. The van der Waals surface area contributed by atoms with Crippen molar-refractivity contribution in [2.75, 3.05) is 12.1 Å². The first-order valence-electron chi connectivity index (χ1n) is 7.88. The monoisotopic (exact) mass is 336 g/mol. The lowest BCUT2D eigenvalue weighted by Crippen LogP contribution is -2.18. The van der Waals surface area contributed by atoms with Crippen LogP contribution in [0, 0.1) is 0 Å². The van der Waals surface area contributed by atoms with Gasteiger partial charge in [-0.25, -0.2) is 0 Å². The van der Waals surface area contributed by atoms with Crippen molar-refractivity contribution in [2.45, 2.75) is 6.42 Å². The number of carbonyl (C=O) groups excluding carboxylic acids is 1. The first-order chi connectivity index (χ1) is 12.1. The predicted molar refractivity (Wildman–Crippen MR) is 94.1 cm³/mol. The molecule has 0 saturated carbocycles. The maximum Gasteiger partial charge on any atom is 0.258 e. The summed E-state index contributed by atoms with van der Waals surface area (Å²) in [6, 6.07) is 12.6. The Labute approximate surface area is 143 Å². The van der Waals surface area contributed by atoms with Crippen LogP contribution in [0.25, 0.3) is 10.8 Å². The van der Waals surface area contributed by atoms with Crippen molar-refractivity contribution in [1.82, 2.24) is 4.57 Å². The van der Waals surface area contributed by atoms with E-state index in [1.807, 2.05) is 12.1 Å². The fourth-order valence-electron chi connectivity index (χ4n) is 2.91. The van der Waals surface area contributed by atoms with Crippen molar-refractivity contribution >= 4 is 22.4 Å². The summed E-state index contributed by atoms with van der Waals surface area (Å²) in [5.74, 6) is 1.18. The van der Waals surface area contributed by atoms with Crippen LogP contribution >= 0.6 is 0 Å². The van der Waals surface area contributed by atoms with E-state index in [0.29, 0.717) is 22.6 Å². The second-order valence-corrected chi connectivity index (χ2v) is 5.91. The van der Waals surface area contributed by atoms with Crippen LogP contribution in [0.2, 0.25) is 0 Å². The van der Waals surface area contributed by atoms with E-state index in [1.165, 1.54) is 4.57 Å². The molecule has 0 atom stereocenters. The Kier molecular flexibility index (Phi) is 3.65. The van der Waals surface area contributed by atoms with Gasteiger partial charge < -0.3 is 19.4 Å². The lowest BCUT2D eigenvalue weighted by atomic mass is 10.1.